The van der Waals surface area contributed by atoms with Gasteiger partial charge < -0.3 is 15.1 Å². The first-order valence-electron chi connectivity index (χ1n) is 10.5. The lowest BCUT2D eigenvalue weighted by Gasteiger charge is -2.32. The van der Waals surface area contributed by atoms with Crippen molar-refractivity contribution in [2.45, 2.75) is 38.6 Å². The number of likely N-dealkylation sites (N-methyl/N-ethyl adjacent to an activating group) is 1. The van der Waals surface area contributed by atoms with E-state index in [1.54, 1.807) is 16.4 Å². The molecule has 3 rings (SSSR count). The molecular formula is C21H35N5O2S. The fraction of sp³-hybridized carbons (Fsp3) is 0.667. The maximum absolute atomic E-state index is 13.3. The zero-order chi connectivity index (χ0) is 21.1. The number of nitrogens with one attached hydrogen (secondary N) is 1. The first-order valence-corrected chi connectivity index (χ1v) is 12.0. The van der Waals surface area contributed by atoms with Gasteiger partial charge in [-0.05, 0) is 37.4 Å². The van der Waals surface area contributed by atoms with Crippen LogP contribution in [0.15, 0.2) is 34.2 Å². The Hall–Kier alpha value is -1.64. The largest absolute Gasteiger partial charge is 0.357 e. The van der Waals surface area contributed by atoms with Crippen LogP contribution in [0.4, 0.5) is 0 Å². The quantitative estimate of drug-likeness (QED) is 0.580. The normalized spacial score (nSPS) is 21.5. The van der Waals surface area contributed by atoms with Crippen LogP contribution in [0.5, 0.6) is 0 Å². The summed E-state index contributed by atoms with van der Waals surface area (Å²) in [6.45, 7) is 12.2. The van der Waals surface area contributed by atoms with Gasteiger partial charge in [0.2, 0.25) is 10.0 Å². The van der Waals surface area contributed by atoms with E-state index in [9.17, 15) is 8.42 Å². The fourth-order valence-corrected chi connectivity index (χ4v) is 5.57. The van der Waals surface area contributed by atoms with Gasteiger partial charge in [0.1, 0.15) is 0 Å². The summed E-state index contributed by atoms with van der Waals surface area (Å²) in [6.07, 6.45) is 1.13. The highest BCUT2D eigenvalue weighted by atomic mass is 32.2. The van der Waals surface area contributed by atoms with Crippen molar-refractivity contribution in [1.82, 2.24) is 19.4 Å². The number of aliphatic imine (C=N–C) groups is 1. The van der Waals surface area contributed by atoms with Gasteiger partial charge in [0.05, 0.1) is 11.4 Å². The second kappa shape index (κ2) is 9.02. The Balaban J connectivity index is 1.82. The van der Waals surface area contributed by atoms with Crippen molar-refractivity contribution in [2.24, 2.45) is 10.4 Å². The highest BCUT2D eigenvalue weighted by molar-refractivity contribution is 7.89. The Morgan fingerprint density at radius 1 is 1.14 bits per heavy atom. The van der Waals surface area contributed by atoms with Gasteiger partial charge in [0, 0.05) is 45.8 Å². The molecule has 0 spiro atoms. The summed E-state index contributed by atoms with van der Waals surface area (Å²) in [5.74, 6) is 0.866. The molecule has 1 aromatic carbocycles. The zero-order valence-electron chi connectivity index (χ0n) is 18.2. The molecular weight excluding hydrogens is 386 g/mol. The Morgan fingerprint density at radius 2 is 1.83 bits per heavy atom. The van der Waals surface area contributed by atoms with Crippen molar-refractivity contribution < 1.29 is 8.42 Å². The molecule has 0 atom stereocenters. The van der Waals surface area contributed by atoms with Crippen molar-refractivity contribution >= 4 is 16.0 Å². The molecule has 7 nitrogen and oxygen atoms in total. The summed E-state index contributed by atoms with van der Waals surface area (Å²) in [6, 6.07) is 7.28. The van der Waals surface area contributed by atoms with E-state index in [-0.39, 0.29) is 5.41 Å². The minimum absolute atomic E-state index is 0.277. The number of likely N-dealkylation sites (tertiary alicyclic amines) is 1. The molecule has 0 aliphatic carbocycles. The number of hydrogen-bond acceptors (Lipinski definition) is 4. The van der Waals surface area contributed by atoms with Crippen molar-refractivity contribution in [1.29, 1.82) is 0 Å². The van der Waals surface area contributed by atoms with Gasteiger partial charge in [-0.15, -0.1) is 0 Å². The summed E-state index contributed by atoms with van der Waals surface area (Å²) in [5, 5.41) is 3.37. The Labute approximate surface area is 175 Å². The number of rotatable bonds is 5. The summed E-state index contributed by atoms with van der Waals surface area (Å²) in [7, 11) is -1.49. The van der Waals surface area contributed by atoms with Gasteiger partial charge in [-0.25, -0.2) is 13.4 Å². The molecule has 8 heteroatoms. The number of hydrogen-bond donors (Lipinski definition) is 1. The lowest BCUT2D eigenvalue weighted by atomic mass is 9.93. The van der Waals surface area contributed by atoms with Gasteiger partial charge in [-0.3, -0.25) is 0 Å². The van der Waals surface area contributed by atoms with Crippen molar-refractivity contribution in [3.8, 4) is 0 Å². The van der Waals surface area contributed by atoms with Gasteiger partial charge >= 0.3 is 0 Å². The first kappa shape index (κ1) is 22.1. The molecule has 0 unspecified atom stereocenters. The van der Waals surface area contributed by atoms with Crippen LogP contribution < -0.4 is 5.32 Å². The third-order valence-corrected chi connectivity index (χ3v) is 7.76. The number of sulfonamides is 1. The van der Waals surface area contributed by atoms with E-state index < -0.39 is 10.0 Å². The van der Waals surface area contributed by atoms with Crippen LogP contribution in [0.25, 0.3) is 0 Å². The second-order valence-corrected chi connectivity index (χ2v) is 10.7. The molecule has 0 radical (unpaired) electrons. The SMILES string of the molecule is CCNC(=NCc1ccccc1S(=O)(=O)N1CCN(C)CC1)N1CCC(C)(C)C1. The van der Waals surface area contributed by atoms with Crippen LogP contribution in [0.1, 0.15) is 32.8 Å². The average Bonchev–Trinajstić information content (AvgIpc) is 3.05. The molecule has 1 N–H and O–H groups in total. The first-order chi connectivity index (χ1) is 13.7. The molecule has 2 heterocycles. The van der Waals surface area contributed by atoms with E-state index in [1.165, 1.54) is 0 Å². The highest BCUT2D eigenvalue weighted by Gasteiger charge is 2.31. The number of benzene rings is 1. The summed E-state index contributed by atoms with van der Waals surface area (Å²) >= 11 is 0. The molecule has 2 saturated heterocycles. The van der Waals surface area contributed by atoms with Crippen LogP contribution in [-0.4, -0.2) is 81.3 Å². The molecule has 162 valence electrons. The molecule has 0 saturated carbocycles. The summed E-state index contributed by atoms with van der Waals surface area (Å²) < 4.78 is 28.1. The predicted molar refractivity (Wildman–Crippen MR) is 117 cm³/mol. The van der Waals surface area contributed by atoms with Crippen molar-refractivity contribution in [3.63, 3.8) is 0 Å². The Morgan fingerprint density at radius 3 is 2.45 bits per heavy atom. The van der Waals surface area contributed by atoms with E-state index >= 15 is 0 Å². The lowest BCUT2D eigenvalue weighted by Crippen LogP contribution is -2.47. The van der Waals surface area contributed by atoms with E-state index in [0.29, 0.717) is 24.5 Å². The summed E-state index contributed by atoms with van der Waals surface area (Å²) in [5.41, 5.74) is 1.03. The molecule has 0 bridgehead atoms. The maximum atomic E-state index is 13.3. The highest BCUT2D eigenvalue weighted by Crippen LogP contribution is 2.29. The van der Waals surface area contributed by atoms with Gasteiger partial charge in [-0.1, -0.05) is 32.0 Å². The lowest BCUT2D eigenvalue weighted by molar-refractivity contribution is 0.222. The van der Waals surface area contributed by atoms with Crippen molar-refractivity contribution in [2.75, 3.05) is 52.9 Å². The molecule has 2 fully saturated rings. The minimum atomic E-state index is -3.51. The van der Waals surface area contributed by atoms with E-state index in [0.717, 1.165) is 50.7 Å². The van der Waals surface area contributed by atoms with Gasteiger partial charge in [-0.2, -0.15) is 4.31 Å². The van der Waals surface area contributed by atoms with Crippen LogP contribution in [-0.2, 0) is 16.6 Å². The average molecular weight is 422 g/mol. The van der Waals surface area contributed by atoms with Crippen molar-refractivity contribution in [3.05, 3.63) is 29.8 Å². The van der Waals surface area contributed by atoms with Gasteiger partial charge in [0.25, 0.3) is 0 Å². The third kappa shape index (κ3) is 5.29. The molecule has 0 aromatic heterocycles. The van der Waals surface area contributed by atoms with Crippen LogP contribution in [0.3, 0.4) is 0 Å². The molecule has 1 aromatic rings. The standard InChI is InChI=1S/C21H35N5O2S/c1-5-22-20(25-11-10-21(2,3)17-25)23-16-18-8-6-7-9-19(18)29(27,28)26-14-12-24(4)13-15-26/h6-9H,5,10-17H2,1-4H3,(H,22,23). The maximum Gasteiger partial charge on any atom is 0.243 e. The Kier molecular flexibility index (Phi) is 6.86. The third-order valence-electron chi connectivity index (χ3n) is 5.76. The van der Waals surface area contributed by atoms with Crippen LogP contribution >= 0.6 is 0 Å². The number of piperazine rings is 1. The van der Waals surface area contributed by atoms with E-state index in [4.69, 9.17) is 4.99 Å². The van der Waals surface area contributed by atoms with E-state index in [1.807, 2.05) is 19.2 Å². The number of nitrogens with zero attached hydrogens (tertiary/aromatic N) is 4. The molecule has 2 aliphatic rings. The smallest absolute Gasteiger partial charge is 0.243 e. The predicted octanol–water partition coefficient (Wildman–Crippen LogP) is 1.82. The number of guanidine groups is 1. The molecule has 0 amide bonds. The second-order valence-electron chi connectivity index (χ2n) is 8.82. The van der Waals surface area contributed by atoms with Crippen LogP contribution in [0, 0.1) is 5.41 Å². The van der Waals surface area contributed by atoms with Crippen LogP contribution in [0.2, 0.25) is 0 Å². The zero-order valence-corrected chi connectivity index (χ0v) is 19.0. The monoisotopic (exact) mass is 421 g/mol. The fourth-order valence-electron chi connectivity index (χ4n) is 3.93. The van der Waals surface area contributed by atoms with E-state index in [2.05, 4.69) is 35.9 Å². The summed E-state index contributed by atoms with van der Waals surface area (Å²) in [4.78, 5) is 9.62. The topological polar surface area (TPSA) is 68.2 Å². The Bertz CT molecular complexity index is 829. The molecule has 2 aliphatic heterocycles. The molecule has 29 heavy (non-hydrogen) atoms. The minimum Gasteiger partial charge on any atom is -0.357 e. The van der Waals surface area contributed by atoms with Gasteiger partial charge in [0.15, 0.2) is 5.96 Å².